The van der Waals surface area contributed by atoms with Gasteiger partial charge in [0, 0.05) is 12.5 Å². The first-order valence-electron chi connectivity index (χ1n) is 9.77. The van der Waals surface area contributed by atoms with Gasteiger partial charge < -0.3 is 10.4 Å². The van der Waals surface area contributed by atoms with Gasteiger partial charge in [0.2, 0.25) is 0 Å². The lowest BCUT2D eigenvalue weighted by Gasteiger charge is -2.11. The summed E-state index contributed by atoms with van der Waals surface area (Å²) in [5.74, 6) is 1.01. The lowest BCUT2D eigenvalue weighted by Crippen LogP contribution is -2.30. The molecule has 1 rings (SSSR count). The molecule has 0 amide bonds. The molecule has 2 N–H and O–H groups in total. The summed E-state index contributed by atoms with van der Waals surface area (Å²) in [6.45, 7) is 3.40. The highest BCUT2D eigenvalue weighted by atomic mass is 16.3. The minimum atomic E-state index is 0.206. The van der Waals surface area contributed by atoms with Crippen molar-refractivity contribution < 1.29 is 5.11 Å². The molecule has 1 heterocycles. The Balaban J connectivity index is 1.76. The predicted octanol–water partition coefficient (Wildman–Crippen LogP) is 4.83. The second-order valence-corrected chi connectivity index (χ2v) is 6.78. The Morgan fingerprint density at radius 2 is 1.45 bits per heavy atom. The van der Waals surface area contributed by atoms with Gasteiger partial charge in [-0.25, -0.2) is 0 Å². The highest BCUT2D eigenvalue weighted by Crippen LogP contribution is 2.14. The molecule has 1 aliphatic heterocycles. The number of amidine groups is 1. The van der Waals surface area contributed by atoms with E-state index in [2.05, 4.69) is 17.2 Å². The molecule has 0 aromatic carbocycles. The van der Waals surface area contributed by atoms with E-state index < -0.39 is 0 Å². The maximum absolute atomic E-state index is 8.88. The minimum Gasteiger partial charge on any atom is -0.396 e. The molecule has 1 atom stereocenters. The third kappa shape index (κ3) is 10.2. The molecule has 3 heteroatoms. The van der Waals surface area contributed by atoms with Crippen molar-refractivity contribution in [1.82, 2.24) is 5.32 Å². The zero-order valence-corrected chi connectivity index (χ0v) is 14.8. The van der Waals surface area contributed by atoms with E-state index in [0.717, 1.165) is 12.4 Å². The van der Waals surface area contributed by atoms with Gasteiger partial charge in [-0.15, -0.1) is 0 Å². The van der Waals surface area contributed by atoms with Crippen LogP contribution in [0.1, 0.15) is 96.8 Å². The van der Waals surface area contributed by atoms with Gasteiger partial charge in [0.1, 0.15) is 0 Å². The van der Waals surface area contributed by atoms with Crippen molar-refractivity contribution in [1.29, 1.82) is 0 Å². The number of rotatable bonds is 15. The van der Waals surface area contributed by atoms with E-state index in [0.29, 0.717) is 12.5 Å². The maximum Gasteiger partial charge on any atom is 0.0989 e. The fourth-order valence-electron chi connectivity index (χ4n) is 3.20. The zero-order valence-electron chi connectivity index (χ0n) is 14.8. The zero-order chi connectivity index (χ0) is 15.9. The molecule has 0 bridgehead atoms. The van der Waals surface area contributed by atoms with Crippen molar-refractivity contribution in [2.24, 2.45) is 4.99 Å². The fourth-order valence-corrected chi connectivity index (χ4v) is 3.20. The lowest BCUT2D eigenvalue weighted by atomic mass is 10.0. The number of nitrogens with one attached hydrogen (secondary N) is 1. The van der Waals surface area contributed by atoms with Gasteiger partial charge in [-0.1, -0.05) is 84.0 Å². The van der Waals surface area contributed by atoms with Gasteiger partial charge in [-0.2, -0.15) is 0 Å². The molecule has 0 aliphatic carbocycles. The summed E-state index contributed by atoms with van der Waals surface area (Å²) < 4.78 is 0. The predicted molar refractivity (Wildman–Crippen MR) is 96.6 cm³/mol. The van der Waals surface area contributed by atoms with E-state index in [9.17, 15) is 0 Å². The summed E-state index contributed by atoms with van der Waals surface area (Å²) in [5, 5.41) is 12.3. The average Bonchev–Trinajstić information content (AvgIpc) is 2.96. The average molecular weight is 311 g/mol. The smallest absolute Gasteiger partial charge is 0.0989 e. The quantitative estimate of drug-likeness (QED) is 0.425. The van der Waals surface area contributed by atoms with Gasteiger partial charge in [-0.3, -0.25) is 4.99 Å². The van der Waals surface area contributed by atoms with Crippen molar-refractivity contribution in [3.05, 3.63) is 0 Å². The van der Waals surface area contributed by atoms with E-state index in [1.807, 2.05) is 0 Å². The summed E-state index contributed by atoms with van der Waals surface area (Å²) in [4.78, 5) is 4.43. The molecule has 1 unspecified atom stereocenters. The molecule has 0 saturated heterocycles. The number of aliphatic hydroxyl groups excluding tert-OH is 1. The molecule has 3 nitrogen and oxygen atoms in total. The molecule has 0 aromatic heterocycles. The molecular weight excluding hydrogens is 272 g/mol. The van der Waals surface area contributed by atoms with Crippen LogP contribution in [0.4, 0.5) is 0 Å². The van der Waals surface area contributed by atoms with Crippen LogP contribution in [0.5, 0.6) is 0 Å². The van der Waals surface area contributed by atoms with Gasteiger partial charge in [0.25, 0.3) is 0 Å². The van der Waals surface area contributed by atoms with Gasteiger partial charge in [0.15, 0.2) is 0 Å². The summed E-state index contributed by atoms with van der Waals surface area (Å²) in [7, 11) is 0. The summed E-state index contributed by atoms with van der Waals surface area (Å²) in [6, 6.07) is 0.532. The topological polar surface area (TPSA) is 44.6 Å². The lowest BCUT2D eigenvalue weighted by molar-refractivity contribution is 0.306. The van der Waals surface area contributed by atoms with Crippen molar-refractivity contribution in [3.63, 3.8) is 0 Å². The molecule has 0 saturated carbocycles. The highest BCUT2D eigenvalue weighted by Gasteiger charge is 2.15. The Labute approximate surface area is 138 Å². The van der Waals surface area contributed by atoms with E-state index in [-0.39, 0.29) is 6.61 Å². The van der Waals surface area contributed by atoms with E-state index >= 15 is 0 Å². The Bertz CT molecular complexity index is 279. The normalized spacial score (nSPS) is 17.5. The van der Waals surface area contributed by atoms with Crippen LogP contribution >= 0.6 is 0 Å². The van der Waals surface area contributed by atoms with Crippen molar-refractivity contribution in [2.45, 2.75) is 103 Å². The standard InChI is InChI=1S/C19H38N2O/c1-2-3-4-5-6-7-8-9-10-11-12-13-14-18-17-20-19(21-18)15-16-22/h18,22H,2-17H2,1H3,(H,20,21). The Morgan fingerprint density at radius 3 is 2.00 bits per heavy atom. The molecule has 0 spiro atoms. The van der Waals surface area contributed by atoms with E-state index in [1.165, 1.54) is 83.5 Å². The number of hydrogen-bond donors (Lipinski definition) is 2. The monoisotopic (exact) mass is 310 g/mol. The van der Waals surface area contributed by atoms with Gasteiger partial charge >= 0.3 is 0 Å². The SMILES string of the molecule is CCCCCCCCCCCCCCC1CN=C(CCO)N1. The molecule has 130 valence electrons. The van der Waals surface area contributed by atoms with E-state index in [4.69, 9.17) is 5.11 Å². The first-order chi connectivity index (χ1) is 10.9. The van der Waals surface area contributed by atoms with Crippen molar-refractivity contribution >= 4 is 5.84 Å². The summed E-state index contributed by atoms with van der Waals surface area (Å²) >= 11 is 0. The van der Waals surface area contributed by atoms with Crippen molar-refractivity contribution in [3.8, 4) is 0 Å². The summed E-state index contributed by atoms with van der Waals surface area (Å²) in [5.41, 5.74) is 0. The van der Waals surface area contributed by atoms with Gasteiger partial charge in [-0.05, 0) is 6.42 Å². The minimum absolute atomic E-state index is 0.206. The van der Waals surface area contributed by atoms with Crippen LogP contribution in [0.15, 0.2) is 4.99 Å². The largest absolute Gasteiger partial charge is 0.396 e. The second-order valence-electron chi connectivity index (χ2n) is 6.78. The first-order valence-corrected chi connectivity index (χ1v) is 9.77. The van der Waals surface area contributed by atoms with E-state index in [1.54, 1.807) is 0 Å². The highest BCUT2D eigenvalue weighted by molar-refractivity contribution is 5.84. The van der Waals surface area contributed by atoms with Crippen LogP contribution in [0.2, 0.25) is 0 Å². The van der Waals surface area contributed by atoms with Gasteiger partial charge in [0.05, 0.1) is 19.0 Å². The second kappa shape index (κ2) is 14.0. The fraction of sp³-hybridized carbons (Fsp3) is 0.947. The number of aliphatic hydroxyl groups is 1. The molecule has 22 heavy (non-hydrogen) atoms. The molecule has 0 radical (unpaired) electrons. The van der Waals surface area contributed by atoms with Crippen LogP contribution in [-0.4, -0.2) is 30.1 Å². The molecule has 0 fully saturated rings. The third-order valence-electron chi connectivity index (χ3n) is 4.63. The summed E-state index contributed by atoms with van der Waals surface area (Å²) in [6.07, 6.45) is 18.8. The Kier molecular flexibility index (Phi) is 12.4. The van der Waals surface area contributed by atoms with Crippen molar-refractivity contribution in [2.75, 3.05) is 13.2 Å². The Hall–Kier alpha value is -0.570. The maximum atomic E-state index is 8.88. The number of unbranched alkanes of at least 4 members (excludes halogenated alkanes) is 11. The number of aliphatic imine (C=N–C) groups is 1. The third-order valence-corrected chi connectivity index (χ3v) is 4.63. The first kappa shape index (κ1) is 19.5. The molecule has 0 aromatic rings. The van der Waals surface area contributed by atoms with Crippen LogP contribution in [0.3, 0.4) is 0 Å². The molecular formula is C19H38N2O. The Morgan fingerprint density at radius 1 is 0.909 bits per heavy atom. The molecule has 1 aliphatic rings. The van der Waals surface area contributed by atoms with Crippen LogP contribution in [-0.2, 0) is 0 Å². The number of nitrogens with zero attached hydrogens (tertiary/aromatic N) is 1. The van der Waals surface area contributed by atoms with Crippen LogP contribution in [0.25, 0.3) is 0 Å². The van der Waals surface area contributed by atoms with Crippen LogP contribution < -0.4 is 5.32 Å². The number of hydrogen-bond acceptors (Lipinski definition) is 3. The van der Waals surface area contributed by atoms with Crippen LogP contribution in [0, 0.1) is 0 Å².